The Bertz CT molecular complexity index is 576. The third-order valence-electron chi connectivity index (χ3n) is 4.06. The van der Waals surface area contributed by atoms with E-state index in [4.69, 9.17) is 0 Å². The highest BCUT2D eigenvalue weighted by Crippen LogP contribution is 2.30. The van der Waals surface area contributed by atoms with E-state index in [0.29, 0.717) is 12.5 Å². The lowest BCUT2D eigenvalue weighted by Gasteiger charge is -2.21. The molecule has 0 aliphatic heterocycles. The summed E-state index contributed by atoms with van der Waals surface area (Å²) in [4.78, 5) is -0.135. The normalized spacial score (nSPS) is 17.6. The summed E-state index contributed by atoms with van der Waals surface area (Å²) in [5.74, 6) is 0.545. The van der Waals surface area contributed by atoms with Gasteiger partial charge >= 0.3 is 6.18 Å². The van der Waals surface area contributed by atoms with Crippen LogP contribution >= 0.6 is 0 Å². The van der Waals surface area contributed by atoms with Crippen LogP contribution in [0.15, 0.2) is 29.2 Å². The number of sulfonamides is 1. The lowest BCUT2D eigenvalue weighted by atomic mass is 9.87. The first-order valence-corrected chi connectivity index (χ1v) is 8.94. The summed E-state index contributed by atoms with van der Waals surface area (Å²) in [5.41, 5.74) is -0.853. The van der Waals surface area contributed by atoms with Crippen molar-refractivity contribution < 1.29 is 21.6 Å². The standard InChI is InChI=1S/C15H20F3NO2S/c16-15(17,18)13-6-8-14(9-7-13)22(20,21)19-11-10-12-4-2-1-3-5-12/h6-9,12,19H,1-5,10-11H2. The smallest absolute Gasteiger partial charge is 0.211 e. The van der Waals surface area contributed by atoms with Gasteiger partial charge in [-0.3, -0.25) is 0 Å². The van der Waals surface area contributed by atoms with E-state index >= 15 is 0 Å². The molecular weight excluding hydrogens is 315 g/mol. The highest BCUT2D eigenvalue weighted by Gasteiger charge is 2.30. The molecule has 1 N–H and O–H groups in total. The van der Waals surface area contributed by atoms with Gasteiger partial charge in [-0.15, -0.1) is 0 Å². The van der Waals surface area contributed by atoms with Crippen LogP contribution in [0.5, 0.6) is 0 Å². The maximum Gasteiger partial charge on any atom is 0.416 e. The van der Waals surface area contributed by atoms with Crippen molar-refractivity contribution >= 4 is 10.0 Å². The molecule has 0 spiro atoms. The van der Waals surface area contributed by atoms with Crippen molar-refractivity contribution in [2.45, 2.75) is 49.6 Å². The molecule has 0 heterocycles. The Morgan fingerprint density at radius 3 is 2.18 bits per heavy atom. The van der Waals surface area contributed by atoms with Gasteiger partial charge in [0.15, 0.2) is 0 Å². The first-order valence-electron chi connectivity index (χ1n) is 7.46. The fraction of sp³-hybridized carbons (Fsp3) is 0.600. The molecule has 2 rings (SSSR count). The zero-order valence-corrected chi connectivity index (χ0v) is 13.0. The van der Waals surface area contributed by atoms with Crippen LogP contribution in [0.2, 0.25) is 0 Å². The topological polar surface area (TPSA) is 46.2 Å². The van der Waals surface area contributed by atoms with Gasteiger partial charge in [0.2, 0.25) is 10.0 Å². The average molecular weight is 335 g/mol. The van der Waals surface area contributed by atoms with E-state index in [1.165, 1.54) is 19.3 Å². The molecule has 0 radical (unpaired) electrons. The Morgan fingerprint density at radius 1 is 1.05 bits per heavy atom. The zero-order valence-electron chi connectivity index (χ0n) is 12.2. The van der Waals surface area contributed by atoms with Crippen LogP contribution in [0.1, 0.15) is 44.1 Å². The number of hydrogen-bond acceptors (Lipinski definition) is 2. The molecule has 22 heavy (non-hydrogen) atoms. The van der Waals surface area contributed by atoms with E-state index in [0.717, 1.165) is 43.5 Å². The van der Waals surface area contributed by atoms with Crippen LogP contribution in [0.25, 0.3) is 0 Å². The Kier molecular flexibility index (Phi) is 5.50. The van der Waals surface area contributed by atoms with E-state index in [9.17, 15) is 21.6 Å². The fourth-order valence-electron chi connectivity index (χ4n) is 2.78. The van der Waals surface area contributed by atoms with Gasteiger partial charge < -0.3 is 0 Å². The molecule has 7 heteroatoms. The van der Waals surface area contributed by atoms with Crippen molar-refractivity contribution in [1.82, 2.24) is 4.72 Å². The molecule has 0 saturated heterocycles. The molecule has 1 aromatic rings. The number of hydrogen-bond donors (Lipinski definition) is 1. The van der Waals surface area contributed by atoms with Crippen LogP contribution in [0, 0.1) is 5.92 Å². The summed E-state index contributed by atoms with van der Waals surface area (Å²) in [6, 6.07) is 3.56. The van der Waals surface area contributed by atoms with Crippen LogP contribution < -0.4 is 4.72 Å². The van der Waals surface area contributed by atoms with Crippen molar-refractivity contribution in [3.63, 3.8) is 0 Å². The van der Waals surface area contributed by atoms with Gasteiger partial charge in [-0.25, -0.2) is 13.1 Å². The summed E-state index contributed by atoms with van der Waals surface area (Å²) in [6.07, 6.45) is 2.20. The number of benzene rings is 1. The minimum Gasteiger partial charge on any atom is -0.211 e. The minimum atomic E-state index is -4.46. The molecule has 0 aromatic heterocycles. The van der Waals surface area contributed by atoms with Gasteiger partial charge in [0.25, 0.3) is 0 Å². The van der Waals surface area contributed by atoms with Crippen molar-refractivity contribution in [2.75, 3.05) is 6.54 Å². The van der Waals surface area contributed by atoms with Crippen LogP contribution in [-0.2, 0) is 16.2 Å². The molecule has 1 saturated carbocycles. The quantitative estimate of drug-likeness (QED) is 0.885. The predicted molar refractivity (Wildman–Crippen MR) is 77.8 cm³/mol. The molecule has 0 amide bonds. The first kappa shape index (κ1) is 17.3. The Labute approximate surface area is 129 Å². The summed E-state index contributed by atoms with van der Waals surface area (Å²) in [6.45, 7) is 0.327. The third kappa shape index (κ3) is 4.71. The fourth-order valence-corrected chi connectivity index (χ4v) is 3.83. The van der Waals surface area contributed by atoms with E-state index in [1.807, 2.05) is 0 Å². The molecule has 1 aliphatic carbocycles. The summed E-state index contributed by atoms with van der Waals surface area (Å²) >= 11 is 0. The third-order valence-corrected chi connectivity index (χ3v) is 5.54. The molecule has 3 nitrogen and oxygen atoms in total. The van der Waals surface area contributed by atoms with Gasteiger partial charge in [0.1, 0.15) is 0 Å². The van der Waals surface area contributed by atoms with Crippen molar-refractivity contribution in [3.05, 3.63) is 29.8 Å². The Balaban J connectivity index is 1.92. The van der Waals surface area contributed by atoms with E-state index in [1.54, 1.807) is 0 Å². The highest BCUT2D eigenvalue weighted by atomic mass is 32.2. The Hall–Kier alpha value is -1.08. The second-order valence-corrected chi connectivity index (χ2v) is 7.48. The first-order chi connectivity index (χ1) is 10.3. The van der Waals surface area contributed by atoms with Gasteiger partial charge in [0.05, 0.1) is 10.5 Å². The monoisotopic (exact) mass is 335 g/mol. The highest BCUT2D eigenvalue weighted by molar-refractivity contribution is 7.89. The van der Waals surface area contributed by atoms with Crippen LogP contribution in [0.3, 0.4) is 0 Å². The molecule has 124 valence electrons. The maximum absolute atomic E-state index is 12.5. The Morgan fingerprint density at radius 2 is 1.64 bits per heavy atom. The number of halogens is 3. The molecule has 0 atom stereocenters. The lowest BCUT2D eigenvalue weighted by molar-refractivity contribution is -0.137. The van der Waals surface area contributed by atoms with Crippen LogP contribution in [-0.4, -0.2) is 15.0 Å². The second kappa shape index (κ2) is 7.00. The SMILES string of the molecule is O=S(=O)(NCCC1CCCCC1)c1ccc(C(F)(F)F)cc1. The van der Waals surface area contributed by atoms with Gasteiger partial charge in [0, 0.05) is 6.54 Å². The maximum atomic E-state index is 12.5. The van der Waals surface area contributed by atoms with Gasteiger partial charge in [-0.2, -0.15) is 13.2 Å². The lowest BCUT2D eigenvalue weighted by Crippen LogP contribution is -2.26. The molecule has 1 aromatic carbocycles. The summed E-state index contributed by atoms with van der Waals surface area (Å²) in [7, 11) is -3.74. The largest absolute Gasteiger partial charge is 0.416 e. The number of rotatable bonds is 5. The summed E-state index contributed by atoms with van der Waals surface area (Å²) < 4.78 is 63.9. The number of nitrogens with one attached hydrogen (secondary N) is 1. The van der Waals surface area contributed by atoms with Gasteiger partial charge in [-0.1, -0.05) is 32.1 Å². The van der Waals surface area contributed by atoms with E-state index in [2.05, 4.69) is 4.72 Å². The van der Waals surface area contributed by atoms with Gasteiger partial charge in [-0.05, 0) is 36.6 Å². The molecule has 0 unspecified atom stereocenters. The van der Waals surface area contributed by atoms with E-state index < -0.39 is 21.8 Å². The molecule has 1 fully saturated rings. The van der Waals surface area contributed by atoms with Crippen molar-refractivity contribution in [1.29, 1.82) is 0 Å². The predicted octanol–water partition coefficient (Wildman–Crippen LogP) is 3.95. The molecular formula is C15H20F3NO2S. The average Bonchev–Trinajstić information content (AvgIpc) is 2.47. The van der Waals surface area contributed by atoms with E-state index in [-0.39, 0.29) is 4.90 Å². The van der Waals surface area contributed by atoms with Crippen molar-refractivity contribution in [2.24, 2.45) is 5.92 Å². The minimum absolute atomic E-state index is 0.135. The summed E-state index contributed by atoms with van der Waals surface area (Å²) in [5, 5.41) is 0. The number of alkyl halides is 3. The second-order valence-electron chi connectivity index (χ2n) is 5.71. The van der Waals surface area contributed by atoms with Crippen LogP contribution in [0.4, 0.5) is 13.2 Å². The zero-order chi connectivity index (χ0) is 16.2. The van der Waals surface area contributed by atoms with Crippen molar-refractivity contribution in [3.8, 4) is 0 Å². The molecule has 0 bridgehead atoms. The molecule has 1 aliphatic rings.